The molecule has 1 aliphatic heterocycles. The van der Waals surface area contributed by atoms with Crippen molar-refractivity contribution in [1.29, 1.82) is 0 Å². The van der Waals surface area contributed by atoms with Crippen LogP contribution in [0.1, 0.15) is 29.9 Å². The van der Waals surface area contributed by atoms with Gasteiger partial charge in [-0.3, -0.25) is 4.79 Å². The van der Waals surface area contributed by atoms with E-state index in [0.29, 0.717) is 24.7 Å². The van der Waals surface area contributed by atoms with Gasteiger partial charge in [-0.05, 0) is 66.9 Å². The predicted octanol–water partition coefficient (Wildman–Crippen LogP) is 5.02. The first-order valence-electron chi connectivity index (χ1n) is 10.8. The summed E-state index contributed by atoms with van der Waals surface area (Å²) >= 11 is 0. The molecule has 164 valence electrons. The minimum absolute atomic E-state index is 0.0265. The van der Waals surface area contributed by atoms with Gasteiger partial charge >= 0.3 is 0 Å². The standard InChI is InChI=1S/C26H27N3O3/c1-2-25(30)29-14-6-7-19(18-29)21-15-20(16-27)26(28-17-21)32-24-12-10-23(11-13-24)31-22-8-4-3-5-9-22/h2-5,8-13,15,17,19H,1,6-7,14,16,18,27H2. The van der Waals surface area contributed by atoms with E-state index in [0.717, 1.165) is 42.0 Å². The smallest absolute Gasteiger partial charge is 0.245 e. The van der Waals surface area contributed by atoms with Crippen LogP contribution in [0.5, 0.6) is 23.1 Å². The average molecular weight is 430 g/mol. The first kappa shape index (κ1) is 21.6. The number of pyridine rings is 1. The van der Waals surface area contributed by atoms with Gasteiger partial charge in [0.1, 0.15) is 17.2 Å². The van der Waals surface area contributed by atoms with Gasteiger partial charge in [0, 0.05) is 37.3 Å². The highest BCUT2D eigenvalue weighted by Crippen LogP contribution is 2.31. The topological polar surface area (TPSA) is 77.7 Å². The zero-order valence-corrected chi connectivity index (χ0v) is 17.9. The van der Waals surface area contributed by atoms with E-state index in [1.54, 1.807) is 0 Å². The molecule has 1 unspecified atom stereocenters. The Morgan fingerprint density at radius 2 is 1.78 bits per heavy atom. The lowest BCUT2D eigenvalue weighted by atomic mass is 9.91. The number of amides is 1. The molecule has 6 nitrogen and oxygen atoms in total. The Morgan fingerprint density at radius 1 is 1.09 bits per heavy atom. The van der Waals surface area contributed by atoms with Crippen molar-refractivity contribution >= 4 is 5.91 Å². The molecule has 0 bridgehead atoms. The summed E-state index contributed by atoms with van der Waals surface area (Å²) in [5.41, 5.74) is 7.90. The van der Waals surface area contributed by atoms with Crippen LogP contribution >= 0.6 is 0 Å². The molecule has 2 aromatic carbocycles. The lowest BCUT2D eigenvalue weighted by Gasteiger charge is -2.32. The molecule has 32 heavy (non-hydrogen) atoms. The van der Waals surface area contributed by atoms with Crippen LogP contribution in [0, 0.1) is 0 Å². The fourth-order valence-electron chi connectivity index (χ4n) is 3.87. The normalized spacial score (nSPS) is 15.8. The third kappa shape index (κ3) is 5.15. The summed E-state index contributed by atoms with van der Waals surface area (Å²) in [4.78, 5) is 18.4. The number of hydrogen-bond donors (Lipinski definition) is 1. The van der Waals surface area contributed by atoms with E-state index in [2.05, 4.69) is 11.6 Å². The van der Waals surface area contributed by atoms with E-state index in [1.807, 2.05) is 71.8 Å². The van der Waals surface area contributed by atoms with Gasteiger partial charge in [0.2, 0.25) is 11.8 Å². The van der Waals surface area contributed by atoms with Crippen LogP contribution in [-0.2, 0) is 11.3 Å². The molecule has 0 spiro atoms. The van der Waals surface area contributed by atoms with Crippen molar-refractivity contribution in [3.63, 3.8) is 0 Å². The fraction of sp³-hybridized carbons (Fsp3) is 0.231. The molecule has 1 atom stereocenters. The molecule has 4 rings (SSSR count). The molecule has 0 radical (unpaired) electrons. The van der Waals surface area contributed by atoms with Gasteiger partial charge in [0.05, 0.1) is 0 Å². The minimum Gasteiger partial charge on any atom is -0.457 e. The van der Waals surface area contributed by atoms with Crippen LogP contribution < -0.4 is 15.2 Å². The number of carbonyl (C=O) groups is 1. The number of nitrogens with two attached hydrogens (primary N) is 1. The van der Waals surface area contributed by atoms with Gasteiger partial charge < -0.3 is 20.1 Å². The van der Waals surface area contributed by atoms with E-state index >= 15 is 0 Å². The molecule has 1 saturated heterocycles. The number of carbonyl (C=O) groups excluding carboxylic acids is 1. The zero-order chi connectivity index (χ0) is 22.3. The third-order valence-corrected chi connectivity index (χ3v) is 5.56. The highest BCUT2D eigenvalue weighted by molar-refractivity contribution is 5.87. The quantitative estimate of drug-likeness (QED) is 0.534. The summed E-state index contributed by atoms with van der Waals surface area (Å²) in [6.07, 6.45) is 5.17. The highest BCUT2D eigenvalue weighted by atomic mass is 16.5. The number of hydrogen-bond acceptors (Lipinski definition) is 5. The Balaban J connectivity index is 1.45. The van der Waals surface area contributed by atoms with Gasteiger partial charge in [0.15, 0.2) is 0 Å². The lowest BCUT2D eigenvalue weighted by Crippen LogP contribution is -2.38. The summed E-state index contributed by atoms with van der Waals surface area (Å²) in [6, 6.07) is 19.0. The molecular weight excluding hydrogens is 402 g/mol. The van der Waals surface area contributed by atoms with Crippen LogP contribution in [0.4, 0.5) is 0 Å². The summed E-state index contributed by atoms with van der Waals surface area (Å²) in [5, 5.41) is 0. The van der Waals surface area contributed by atoms with E-state index in [-0.39, 0.29) is 11.8 Å². The molecule has 1 aromatic heterocycles. The van der Waals surface area contributed by atoms with E-state index in [9.17, 15) is 4.79 Å². The molecule has 2 N–H and O–H groups in total. The van der Waals surface area contributed by atoms with Crippen LogP contribution in [0.15, 0.2) is 79.5 Å². The molecular formula is C26H27N3O3. The van der Waals surface area contributed by atoms with E-state index in [1.165, 1.54) is 6.08 Å². The number of nitrogens with zero attached hydrogens (tertiary/aromatic N) is 2. The van der Waals surface area contributed by atoms with E-state index < -0.39 is 0 Å². The summed E-state index contributed by atoms with van der Waals surface area (Å²) in [5.74, 6) is 2.85. The second-order valence-corrected chi connectivity index (χ2v) is 7.75. The number of ether oxygens (including phenoxy) is 2. The number of aromatic nitrogens is 1. The highest BCUT2D eigenvalue weighted by Gasteiger charge is 2.24. The third-order valence-electron chi connectivity index (χ3n) is 5.56. The second-order valence-electron chi connectivity index (χ2n) is 7.75. The zero-order valence-electron chi connectivity index (χ0n) is 17.9. The van der Waals surface area contributed by atoms with Crippen molar-refractivity contribution in [2.45, 2.75) is 25.3 Å². The summed E-state index contributed by atoms with van der Waals surface area (Å²) in [6.45, 7) is 5.34. The first-order chi connectivity index (χ1) is 15.7. The summed E-state index contributed by atoms with van der Waals surface area (Å²) in [7, 11) is 0. The monoisotopic (exact) mass is 429 g/mol. The first-order valence-corrected chi connectivity index (χ1v) is 10.8. The maximum absolute atomic E-state index is 12.0. The van der Waals surface area contributed by atoms with Crippen molar-refractivity contribution in [3.05, 3.63) is 90.6 Å². The van der Waals surface area contributed by atoms with Crippen molar-refractivity contribution < 1.29 is 14.3 Å². The lowest BCUT2D eigenvalue weighted by molar-refractivity contribution is -0.127. The average Bonchev–Trinajstić information content (AvgIpc) is 2.85. The maximum Gasteiger partial charge on any atom is 0.245 e. The van der Waals surface area contributed by atoms with E-state index in [4.69, 9.17) is 15.2 Å². The van der Waals surface area contributed by atoms with Crippen molar-refractivity contribution in [3.8, 4) is 23.1 Å². The number of para-hydroxylation sites is 1. The Morgan fingerprint density at radius 3 is 2.47 bits per heavy atom. The van der Waals surface area contributed by atoms with Gasteiger partial charge in [-0.25, -0.2) is 4.98 Å². The Labute approximate surface area is 188 Å². The van der Waals surface area contributed by atoms with Gasteiger partial charge in [-0.15, -0.1) is 0 Å². The van der Waals surface area contributed by atoms with Gasteiger partial charge in [0.25, 0.3) is 0 Å². The molecule has 2 heterocycles. The van der Waals surface area contributed by atoms with Crippen molar-refractivity contribution in [2.75, 3.05) is 13.1 Å². The van der Waals surface area contributed by atoms with Crippen molar-refractivity contribution in [1.82, 2.24) is 9.88 Å². The van der Waals surface area contributed by atoms with Crippen molar-refractivity contribution in [2.24, 2.45) is 5.73 Å². The number of piperidine rings is 1. The fourth-order valence-corrected chi connectivity index (χ4v) is 3.87. The molecule has 3 aromatic rings. The molecule has 6 heteroatoms. The Hall–Kier alpha value is -3.64. The largest absolute Gasteiger partial charge is 0.457 e. The van der Waals surface area contributed by atoms with Crippen LogP contribution in [0.3, 0.4) is 0 Å². The van der Waals surface area contributed by atoms with Gasteiger partial charge in [-0.2, -0.15) is 0 Å². The molecule has 0 saturated carbocycles. The predicted molar refractivity (Wildman–Crippen MR) is 124 cm³/mol. The number of likely N-dealkylation sites (tertiary alicyclic amines) is 1. The maximum atomic E-state index is 12.0. The van der Waals surface area contributed by atoms with Crippen LogP contribution in [0.2, 0.25) is 0 Å². The van der Waals surface area contributed by atoms with Crippen LogP contribution in [-0.4, -0.2) is 28.9 Å². The summed E-state index contributed by atoms with van der Waals surface area (Å²) < 4.78 is 11.8. The van der Waals surface area contributed by atoms with Gasteiger partial charge in [-0.1, -0.05) is 24.8 Å². The molecule has 1 aliphatic rings. The minimum atomic E-state index is -0.0265. The molecule has 1 amide bonds. The number of rotatable bonds is 7. The number of benzene rings is 2. The molecule has 1 fully saturated rings. The molecule has 0 aliphatic carbocycles. The van der Waals surface area contributed by atoms with Crippen LogP contribution in [0.25, 0.3) is 0 Å². The Bertz CT molecular complexity index is 1070. The SMILES string of the molecule is C=CC(=O)N1CCCC(c2cnc(Oc3ccc(Oc4ccccc4)cc3)c(CN)c2)C1. The Kier molecular flexibility index (Phi) is 6.82. The second kappa shape index (κ2) is 10.1.